The van der Waals surface area contributed by atoms with Gasteiger partial charge < -0.3 is 9.52 Å². The molecule has 2 unspecified atom stereocenters. The maximum Gasteiger partial charge on any atom is 0.109 e. The summed E-state index contributed by atoms with van der Waals surface area (Å²) in [5, 5.41) is 10.3. The zero-order valence-electron chi connectivity index (χ0n) is 10.6. The van der Waals surface area contributed by atoms with Gasteiger partial charge in [-0.05, 0) is 36.0 Å². The molecule has 0 spiro atoms. The predicted octanol–water partition coefficient (Wildman–Crippen LogP) is 3.61. The summed E-state index contributed by atoms with van der Waals surface area (Å²) < 4.78 is 5.38. The Balaban J connectivity index is 1.72. The van der Waals surface area contributed by atoms with Gasteiger partial charge in [0.05, 0.1) is 12.4 Å². The second-order valence-electron chi connectivity index (χ2n) is 5.00. The number of hydrogen-bond donors (Lipinski definition) is 1. The Bertz CT molecular complexity index is 542. The third-order valence-electron chi connectivity index (χ3n) is 3.93. The smallest absolute Gasteiger partial charge is 0.109 e. The van der Waals surface area contributed by atoms with Crippen LogP contribution in [-0.2, 0) is 12.8 Å². The maximum atomic E-state index is 10.3. The van der Waals surface area contributed by atoms with Crippen LogP contribution in [-0.4, -0.2) is 5.11 Å². The van der Waals surface area contributed by atoms with Gasteiger partial charge >= 0.3 is 0 Å². The highest BCUT2D eigenvalue weighted by atomic mass is 16.3. The van der Waals surface area contributed by atoms with Crippen LogP contribution in [0.2, 0.25) is 0 Å². The molecular formula is C16H18O2. The van der Waals surface area contributed by atoms with Crippen LogP contribution in [0.15, 0.2) is 41.0 Å². The molecule has 1 heterocycles. The minimum atomic E-state index is -0.406. The molecule has 0 radical (unpaired) electrons. The standard InChI is InChI=1S/C16H18O2/c1-2-16-14(7-8-18-16)15(17)10-12-9-11-5-3-4-6-13(11)12/h3-8,12,15,17H,2,9-10H2,1H3. The molecule has 0 saturated carbocycles. The lowest BCUT2D eigenvalue weighted by Crippen LogP contribution is -2.19. The van der Waals surface area contributed by atoms with Crippen LogP contribution in [0.1, 0.15) is 47.8 Å². The van der Waals surface area contributed by atoms with Gasteiger partial charge in [0.1, 0.15) is 5.76 Å². The van der Waals surface area contributed by atoms with Gasteiger partial charge in [0.25, 0.3) is 0 Å². The summed E-state index contributed by atoms with van der Waals surface area (Å²) in [6, 6.07) is 10.4. The molecule has 0 aliphatic heterocycles. The van der Waals surface area contributed by atoms with Crippen molar-refractivity contribution in [1.29, 1.82) is 0 Å². The first-order valence-corrected chi connectivity index (χ1v) is 6.61. The van der Waals surface area contributed by atoms with E-state index in [4.69, 9.17) is 4.42 Å². The molecule has 0 amide bonds. The summed E-state index contributed by atoms with van der Waals surface area (Å²) in [5.74, 6) is 1.41. The molecule has 1 aromatic heterocycles. The summed E-state index contributed by atoms with van der Waals surface area (Å²) in [4.78, 5) is 0. The molecule has 18 heavy (non-hydrogen) atoms. The van der Waals surface area contributed by atoms with Crippen LogP contribution in [0.25, 0.3) is 0 Å². The zero-order chi connectivity index (χ0) is 12.5. The van der Waals surface area contributed by atoms with Gasteiger partial charge in [0.15, 0.2) is 0 Å². The Labute approximate surface area is 107 Å². The van der Waals surface area contributed by atoms with Gasteiger partial charge in [-0.3, -0.25) is 0 Å². The first kappa shape index (κ1) is 11.5. The summed E-state index contributed by atoms with van der Waals surface area (Å²) >= 11 is 0. The number of hydrogen-bond acceptors (Lipinski definition) is 2. The van der Waals surface area contributed by atoms with Crippen molar-refractivity contribution < 1.29 is 9.52 Å². The topological polar surface area (TPSA) is 33.4 Å². The number of furan rings is 1. The van der Waals surface area contributed by atoms with Gasteiger partial charge in [-0.25, -0.2) is 0 Å². The van der Waals surface area contributed by atoms with E-state index in [1.54, 1.807) is 6.26 Å². The Morgan fingerprint density at radius 1 is 1.33 bits per heavy atom. The molecule has 1 aromatic carbocycles. The fourth-order valence-corrected chi connectivity index (χ4v) is 2.90. The normalized spacial score (nSPS) is 19.1. The van der Waals surface area contributed by atoms with Gasteiger partial charge in [-0.2, -0.15) is 0 Å². The van der Waals surface area contributed by atoms with Gasteiger partial charge in [0, 0.05) is 12.0 Å². The maximum absolute atomic E-state index is 10.3. The molecule has 2 atom stereocenters. The van der Waals surface area contributed by atoms with Crippen LogP contribution < -0.4 is 0 Å². The molecule has 2 nitrogen and oxygen atoms in total. The van der Waals surface area contributed by atoms with E-state index in [0.29, 0.717) is 5.92 Å². The van der Waals surface area contributed by atoms with E-state index in [9.17, 15) is 5.11 Å². The van der Waals surface area contributed by atoms with E-state index in [0.717, 1.165) is 30.6 Å². The predicted molar refractivity (Wildman–Crippen MR) is 70.5 cm³/mol. The molecule has 0 fully saturated rings. The van der Waals surface area contributed by atoms with Crippen molar-refractivity contribution in [3.05, 3.63) is 59.0 Å². The fraction of sp³-hybridized carbons (Fsp3) is 0.375. The van der Waals surface area contributed by atoms with Crippen LogP contribution >= 0.6 is 0 Å². The minimum Gasteiger partial charge on any atom is -0.469 e. The first-order valence-electron chi connectivity index (χ1n) is 6.61. The number of aryl methyl sites for hydroxylation is 1. The Morgan fingerprint density at radius 2 is 2.17 bits per heavy atom. The van der Waals surface area contributed by atoms with E-state index < -0.39 is 6.10 Å². The molecule has 0 bridgehead atoms. The van der Waals surface area contributed by atoms with Gasteiger partial charge in [-0.1, -0.05) is 31.2 Å². The molecule has 94 valence electrons. The van der Waals surface area contributed by atoms with Gasteiger partial charge in [0.2, 0.25) is 0 Å². The van der Waals surface area contributed by atoms with Crippen molar-refractivity contribution in [2.75, 3.05) is 0 Å². The van der Waals surface area contributed by atoms with Crippen LogP contribution in [0, 0.1) is 0 Å². The van der Waals surface area contributed by atoms with E-state index >= 15 is 0 Å². The molecule has 1 N–H and O–H groups in total. The zero-order valence-corrected chi connectivity index (χ0v) is 10.6. The Morgan fingerprint density at radius 3 is 2.94 bits per heavy atom. The second kappa shape index (κ2) is 4.62. The van der Waals surface area contributed by atoms with Crippen LogP contribution in [0.5, 0.6) is 0 Å². The summed E-state index contributed by atoms with van der Waals surface area (Å²) in [7, 11) is 0. The lowest BCUT2D eigenvalue weighted by molar-refractivity contribution is 0.151. The first-order chi connectivity index (χ1) is 8.79. The summed E-state index contributed by atoms with van der Waals surface area (Å²) in [6.07, 6.45) is 3.99. The average Bonchev–Trinajstić information content (AvgIpc) is 2.84. The quantitative estimate of drug-likeness (QED) is 0.888. The number of aliphatic hydroxyl groups is 1. The van der Waals surface area contributed by atoms with Crippen molar-refractivity contribution in [1.82, 2.24) is 0 Å². The number of rotatable bonds is 4. The molecule has 2 aromatic rings. The largest absolute Gasteiger partial charge is 0.469 e. The highest BCUT2D eigenvalue weighted by molar-refractivity contribution is 5.40. The molecule has 1 aliphatic rings. The number of fused-ring (bicyclic) bond motifs is 1. The van der Waals surface area contributed by atoms with Crippen LogP contribution in [0.3, 0.4) is 0 Å². The minimum absolute atomic E-state index is 0.406. The van der Waals surface area contributed by atoms with Gasteiger partial charge in [-0.15, -0.1) is 0 Å². The molecule has 2 heteroatoms. The lowest BCUT2D eigenvalue weighted by Gasteiger charge is -2.31. The van der Waals surface area contributed by atoms with E-state index in [1.165, 1.54) is 11.1 Å². The lowest BCUT2D eigenvalue weighted by atomic mass is 9.74. The molecular weight excluding hydrogens is 224 g/mol. The number of benzene rings is 1. The highest BCUT2D eigenvalue weighted by Gasteiger charge is 2.28. The Hall–Kier alpha value is -1.54. The average molecular weight is 242 g/mol. The Kier molecular flexibility index (Phi) is 2.96. The highest BCUT2D eigenvalue weighted by Crippen LogP contribution is 2.41. The molecule has 3 rings (SSSR count). The van der Waals surface area contributed by atoms with Crippen molar-refractivity contribution >= 4 is 0 Å². The van der Waals surface area contributed by atoms with Crippen molar-refractivity contribution in [2.45, 2.75) is 38.2 Å². The van der Waals surface area contributed by atoms with Crippen molar-refractivity contribution in [2.24, 2.45) is 0 Å². The third-order valence-corrected chi connectivity index (χ3v) is 3.93. The van der Waals surface area contributed by atoms with Crippen LogP contribution in [0.4, 0.5) is 0 Å². The van der Waals surface area contributed by atoms with E-state index in [-0.39, 0.29) is 0 Å². The summed E-state index contributed by atoms with van der Waals surface area (Å²) in [5.41, 5.74) is 3.79. The molecule has 0 saturated heterocycles. The summed E-state index contributed by atoms with van der Waals surface area (Å²) in [6.45, 7) is 2.05. The second-order valence-corrected chi connectivity index (χ2v) is 5.00. The van der Waals surface area contributed by atoms with Crippen molar-refractivity contribution in [3.63, 3.8) is 0 Å². The van der Waals surface area contributed by atoms with Crippen molar-refractivity contribution in [3.8, 4) is 0 Å². The molecule has 1 aliphatic carbocycles. The van der Waals surface area contributed by atoms with E-state index in [1.807, 2.05) is 13.0 Å². The fourth-order valence-electron chi connectivity index (χ4n) is 2.90. The number of aliphatic hydroxyl groups excluding tert-OH is 1. The third kappa shape index (κ3) is 1.87. The van der Waals surface area contributed by atoms with E-state index in [2.05, 4.69) is 24.3 Å². The monoisotopic (exact) mass is 242 g/mol. The SMILES string of the molecule is CCc1occc1C(O)CC1Cc2ccccc21.